The van der Waals surface area contributed by atoms with E-state index in [0.717, 1.165) is 0 Å². The van der Waals surface area contributed by atoms with Crippen LogP contribution in [0.15, 0.2) is 29.2 Å². The molecule has 5 nitrogen and oxygen atoms in total. The van der Waals surface area contributed by atoms with Gasteiger partial charge in [0.25, 0.3) is 0 Å². The molecule has 0 bridgehead atoms. The van der Waals surface area contributed by atoms with Crippen LogP contribution in [-0.4, -0.2) is 31.8 Å². The highest BCUT2D eigenvalue weighted by atomic mass is 35.5. The summed E-state index contributed by atoms with van der Waals surface area (Å²) in [6, 6.07) is 5.56. The molecule has 31 heavy (non-hydrogen) atoms. The van der Waals surface area contributed by atoms with Crippen molar-refractivity contribution in [3.8, 4) is 0 Å². The van der Waals surface area contributed by atoms with Crippen molar-refractivity contribution in [2.75, 3.05) is 13.1 Å². The van der Waals surface area contributed by atoms with Gasteiger partial charge < -0.3 is 4.74 Å². The average Bonchev–Trinajstić information content (AvgIpc) is 2.76. The van der Waals surface area contributed by atoms with Gasteiger partial charge in [0, 0.05) is 18.1 Å². The van der Waals surface area contributed by atoms with Crippen LogP contribution in [0.1, 0.15) is 18.4 Å². The van der Waals surface area contributed by atoms with Gasteiger partial charge in [0.2, 0.25) is 15.8 Å². The number of esters is 1. The fourth-order valence-electron chi connectivity index (χ4n) is 3.13. The molecule has 2 aromatic carbocycles. The van der Waals surface area contributed by atoms with Crippen molar-refractivity contribution < 1.29 is 39.9 Å². The number of carbonyl (C=O) groups is 1. The number of rotatable bonds is 5. The summed E-state index contributed by atoms with van der Waals surface area (Å²) in [5.74, 6) is -12.4. The van der Waals surface area contributed by atoms with Gasteiger partial charge in [-0.15, -0.1) is 0 Å². The summed E-state index contributed by atoms with van der Waals surface area (Å²) >= 11 is 5.75. The first kappa shape index (κ1) is 23.4. The lowest BCUT2D eigenvalue weighted by Gasteiger charge is -2.30. The Morgan fingerprint density at radius 3 is 1.94 bits per heavy atom. The summed E-state index contributed by atoms with van der Waals surface area (Å²) in [4.78, 5) is 12.2. The zero-order valence-electron chi connectivity index (χ0n) is 15.7. The van der Waals surface area contributed by atoms with Gasteiger partial charge in [-0.05, 0) is 37.1 Å². The first-order valence-electron chi connectivity index (χ1n) is 8.96. The van der Waals surface area contributed by atoms with Gasteiger partial charge in [0.15, 0.2) is 23.3 Å². The smallest absolute Gasteiger partial charge is 0.309 e. The summed E-state index contributed by atoms with van der Waals surface area (Å²) in [6.07, 6.45) is 0.117. The number of piperidine rings is 1. The monoisotopic (exact) mass is 483 g/mol. The van der Waals surface area contributed by atoms with Gasteiger partial charge >= 0.3 is 5.97 Å². The van der Waals surface area contributed by atoms with Crippen LogP contribution in [0.3, 0.4) is 0 Å². The normalized spacial score (nSPS) is 15.8. The topological polar surface area (TPSA) is 63.7 Å². The minimum absolute atomic E-state index is 0.0206. The fourth-order valence-corrected chi connectivity index (χ4v) is 4.72. The van der Waals surface area contributed by atoms with Crippen molar-refractivity contribution in [3.63, 3.8) is 0 Å². The van der Waals surface area contributed by atoms with E-state index >= 15 is 0 Å². The SMILES string of the molecule is O=C(OCc1c(F)c(F)c(F)c(F)c1F)C1CCN(S(=O)(=O)c2ccc(Cl)cc2)CC1. The maximum Gasteiger partial charge on any atom is 0.309 e. The molecule has 1 saturated heterocycles. The number of hydrogen-bond acceptors (Lipinski definition) is 4. The van der Waals surface area contributed by atoms with E-state index in [-0.39, 0.29) is 30.8 Å². The van der Waals surface area contributed by atoms with Crippen molar-refractivity contribution in [2.24, 2.45) is 5.92 Å². The van der Waals surface area contributed by atoms with Crippen LogP contribution in [0.4, 0.5) is 22.0 Å². The lowest BCUT2D eigenvalue weighted by molar-refractivity contribution is -0.151. The number of sulfonamides is 1. The number of halogens is 6. The van der Waals surface area contributed by atoms with E-state index in [2.05, 4.69) is 0 Å². The van der Waals surface area contributed by atoms with E-state index in [4.69, 9.17) is 16.3 Å². The molecule has 168 valence electrons. The zero-order valence-corrected chi connectivity index (χ0v) is 17.3. The predicted octanol–water partition coefficient (Wildman–Crippen LogP) is 4.18. The Morgan fingerprint density at radius 2 is 1.42 bits per heavy atom. The molecule has 0 saturated carbocycles. The van der Waals surface area contributed by atoms with Crippen LogP contribution in [0.25, 0.3) is 0 Å². The van der Waals surface area contributed by atoms with E-state index in [0.29, 0.717) is 5.02 Å². The standard InChI is InChI=1S/C19H15ClF5NO4S/c20-11-1-3-12(4-2-11)31(28,29)26-7-5-10(6-8-26)19(27)30-9-13-14(21)16(23)18(25)17(24)15(13)22/h1-4,10H,5-9H2. The Bertz CT molecular complexity index is 1070. The van der Waals surface area contributed by atoms with Crippen molar-refractivity contribution in [1.29, 1.82) is 0 Å². The maximum absolute atomic E-state index is 13.7. The van der Waals surface area contributed by atoms with Crippen LogP contribution in [-0.2, 0) is 26.2 Å². The number of carbonyl (C=O) groups excluding carboxylic acids is 1. The molecule has 12 heteroatoms. The minimum Gasteiger partial charge on any atom is -0.460 e. The van der Waals surface area contributed by atoms with Gasteiger partial charge in [-0.1, -0.05) is 11.6 Å². The second-order valence-electron chi connectivity index (χ2n) is 6.79. The van der Waals surface area contributed by atoms with E-state index in [9.17, 15) is 35.2 Å². The van der Waals surface area contributed by atoms with Crippen LogP contribution in [0, 0.1) is 35.0 Å². The van der Waals surface area contributed by atoms with Gasteiger partial charge in [-0.2, -0.15) is 4.31 Å². The molecule has 0 atom stereocenters. The molecule has 0 radical (unpaired) electrons. The maximum atomic E-state index is 13.7. The quantitative estimate of drug-likeness (QED) is 0.277. The van der Waals surface area contributed by atoms with Gasteiger partial charge in [-0.3, -0.25) is 4.79 Å². The molecule has 0 N–H and O–H groups in total. The number of hydrogen-bond donors (Lipinski definition) is 0. The van der Waals surface area contributed by atoms with Crippen LogP contribution in [0.2, 0.25) is 5.02 Å². The molecule has 0 amide bonds. The predicted molar refractivity (Wildman–Crippen MR) is 99.0 cm³/mol. The summed E-state index contributed by atoms with van der Waals surface area (Å²) in [5, 5.41) is 0.370. The Morgan fingerprint density at radius 1 is 0.935 bits per heavy atom. The molecule has 1 aliphatic heterocycles. The molecule has 0 aliphatic carbocycles. The van der Waals surface area contributed by atoms with Gasteiger partial charge in [0.05, 0.1) is 16.4 Å². The van der Waals surface area contributed by atoms with Crippen molar-refractivity contribution in [3.05, 3.63) is 63.9 Å². The Kier molecular flexibility index (Phi) is 6.87. The first-order valence-corrected chi connectivity index (χ1v) is 10.8. The summed E-state index contributed by atoms with van der Waals surface area (Å²) in [7, 11) is -3.80. The molecule has 0 spiro atoms. The molecular weight excluding hydrogens is 469 g/mol. The Labute approximate surface area is 179 Å². The lowest BCUT2D eigenvalue weighted by atomic mass is 9.98. The highest BCUT2D eigenvalue weighted by Crippen LogP contribution is 2.27. The van der Waals surface area contributed by atoms with Crippen LogP contribution in [0.5, 0.6) is 0 Å². The van der Waals surface area contributed by atoms with E-state index < -0.39 is 63.2 Å². The van der Waals surface area contributed by atoms with Crippen molar-refractivity contribution in [1.82, 2.24) is 4.31 Å². The minimum atomic E-state index is -3.80. The zero-order chi connectivity index (χ0) is 22.9. The summed E-state index contributed by atoms with van der Waals surface area (Å²) in [6.45, 7) is -1.19. The lowest BCUT2D eigenvalue weighted by Crippen LogP contribution is -2.40. The summed E-state index contributed by atoms with van der Waals surface area (Å²) < 4.78 is 98.0. The van der Waals surface area contributed by atoms with E-state index in [1.165, 1.54) is 28.6 Å². The molecular formula is C19H15ClF5NO4S. The third kappa shape index (κ3) is 4.68. The second kappa shape index (κ2) is 9.09. The molecule has 0 aromatic heterocycles. The Hall–Kier alpha value is -2.24. The number of benzene rings is 2. The largest absolute Gasteiger partial charge is 0.460 e. The molecule has 1 aliphatic rings. The van der Waals surface area contributed by atoms with Crippen molar-refractivity contribution in [2.45, 2.75) is 24.3 Å². The third-order valence-corrected chi connectivity index (χ3v) is 7.06. The molecule has 2 aromatic rings. The van der Waals surface area contributed by atoms with E-state index in [1.807, 2.05) is 0 Å². The highest BCUT2D eigenvalue weighted by Gasteiger charge is 2.33. The number of ether oxygens (including phenoxy) is 1. The molecule has 1 heterocycles. The van der Waals surface area contributed by atoms with Crippen molar-refractivity contribution >= 4 is 27.6 Å². The third-order valence-electron chi connectivity index (χ3n) is 4.90. The first-order chi connectivity index (χ1) is 14.5. The average molecular weight is 484 g/mol. The van der Waals surface area contributed by atoms with E-state index in [1.54, 1.807) is 0 Å². The van der Waals surface area contributed by atoms with Crippen LogP contribution < -0.4 is 0 Å². The summed E-state index contributed by atoms with van der Waals surface area (Å²) in [5.41, 5.74) is -1.26. The van der Waals surface area contributed by atoms with Gasteiger partial charge in [-0.25, -0.2) is 30.4 Å². The Balaban J connectivity index is 1.62. The van der Waals surface area contributed by atoms with Crippen LogP contribution >= 0.6 is 11.6 Å². The molecule has 0 unspecified atom stereocenters. The van der Waals surface area contributed by atoms with Gasteiger partial charge in [0.1, 0.15) is 6.61 Å². The molecule has 1 fully saturated rings. The fraction of sp³-hybridized carbons (Fsp3) is 0.316. The molecule has 3 rings (SSSR count). The highest BCUT2D eigenvalue weighted by molar-refractivity contribution is 7.89. The second-order valence-corrected chi connectivity index (χ2v) is 9.16. The number of nitrogens with zero attached hydrogens (tertiary/aromatic N) is 1.